The van der Waals surface area contributed by atoms with E-state index in [2.05, 4.69) is 29.9 Å². The van der Waals surface area contributed by atoms with Crippen LogP contribution in [0, 0.1) is 0 Å². The summed E-state index contributed by atoms with van der Waals surface area (Å²) in [5, 5.41) is 3.27. The van der Waals surface area contributed by atoms with Crippen LogP contribution >= 0.6 is 0 Å². The van der Waals surface area contributed by atoms with Gasteiger partial charge in [-0.25, -0.2) is 14.8 Å². The number of pyridine rings is 2. The van der Waals surface area contributed by atoms with Crippen LogP contribution in [0.3, 0.4) is 0 Å². The molecular formula is C23H33N5O4Si. The first kappa shape index (κ1) is 23.5. The predicted octanol–water partition coefficient (Wildman–Crippen LogP) is 4.01. The molecule has 0 aliphatic carbocycles. The van der Waals surface area contributed by atoms with Gasteiger partial charge >= 0.3 is 5.69 Å². The van der Waals surface area contributed by atoms with Gasteiger partial charge in [-0.05, 0) is 43.2 Å². The smallest absolute Gasteiger partial charge is 0.332 e. The molecule has 9 nitrogen and oxygen atoms in total. The first-order valence-corrected chi connectivity index (χ1v) is 15.1. The lowest BCUT2D eigenvalue weighted by molar-refractivity contribution is 0.0669. The van der Waals surface area contributed by atoms with Gasteiger partial charge in [0, 0.05) is 40.1 Å². The quantitative estimate of drug-likeness (QED) is 0.372. The van der Waals surface area contributed by atoms with E-state index >= 15 is 0 Å². The minimum Gasteiger partial charge on any atom is -0.480 e. The Labute approximate surface area is 194 Å². The molecule has 3 aromatic rings. The molecule has 178 valence electrons. The SMILES string of the molecule is COc1ncccc1Nc1ccc2c(n1)n(C1CCOCC1)c(=O)n2COCC[Si](C)(C)C. The lowest BCUT2D eigenvalue weighted by Crippen LogP contribution is -2.31. The number of nitrogens with one attached hydrogen (secondary N) is 1. The summed E-state index contributed by atoms with van der Waals surface area (Å²) in [7, 11) is 0.374. The zero-order valence-electron chi connectivity index (χ0n) is 19.8. The van der Waals surface area contributed by atoms with E-state index in [0.29, 0.717) is 42.9 Å². The van der Waals surface area contributed by atoms with Crippen molar-refractivity contribution in [3.63, 3.8) is 0 Å². The Kier molecular flexibility index (Phi) is 7.16. The number of nitrogens with zero attached hydrogens (tertiary/aromatic N) is 4. The molecule has 0 atom stereocenters. The Morgan fingerprint density at radius 2 is 2.00 bits per heavy atom. The van der Waals surface area contributed by atoms with Crippen LogP contribution in [0.15, 0.2) is 35.3 Å². The molecular weight excluding hydrogens is 438 g/mol. The molecule has 0 spiro atoms. The molecule has 4 rings (SSSR count). The number of hydrogen-bond acceptors (Lipinski definition) is 7. The Balaban J connectivity index is 1.68. The van der Waals surface area contributed by atoms with E-state index in [4.69, 9.17) is 19.2 Å². The fourth-order valence-electron chi connectivity index (χ4n) is 3.94. The maximum absolute atomic E-state index is 13.5. The van der Waals surface area contributed by atoms with Crippen LogP contribution in [0.4, 0.5) is 11.5 Å². The van der Waals surface area contributed by atoms with Gasteiger partial charge in [0.15, 0.2) is 5.65 Å². The van der Waals surface area contributed by atoms with E-state index in [1.165, 1.54) is 0 Å². The maximum atomic E-state index is 13.5. The zero-order chi connectivity index (χ0) is 23.4. The molecule has 33 heavy (non-hydrogen) atoms. The standard InChI is InChI=1S/C23H33N5O4Si/c1-30-22-18(6-5-11-24-22)25-20-8-7-19-21(26-20)28(17-9-12-31-13-10-17)23(29)27(19)16-32-14-15-33(2,3)4/h5-8,11,17H,9-10,12-16H2,1-4H3,(H,25,26). The number of methoxy groups -OCH3 is 1. The lowest BCUT2D eigenvalue weighted by Gasteiger charge is -2.23. The number of fused-ring (bicyclic) bond motifs is 1. The van der Waals surface area contributed by atoms with E-state index in [1.54, 1.807) is 17.9 Å². The molecule has 0 saturated carbocycles. The minimum atomic E-state index is -1.20. The number of anilines is 2. The molecule has 0 bridgehead atoms. The highest BCUT2D eigenvalue weighted by atomic mass is 28.3. The van der Waals surface area contributed by atoms with Gasteiger partial charge in [-0.15, -0.1) is 0 Å². The summed E-state index contributed by atoms with van der Waals surface area (Å²) in [6.07, 6.45) is 3.24. The summed E-state index contributed by atoms with van der Waals surface area (Å²) >= 11 is 0. The summed E-state index contributed by atoms with van der Waals surface area (Å²) in [6.45, 7) is 9.10. The molecule has 0 radical (unpaired) electrons. The molecule has 1 fully saturated rings. The minimum absolute atomic E-state index is 0.0488. The summed E-state index contributed by atoms with van der Waals surface area (Å²) in [6, 6.07) is 8.59. The van der Waals surface area contributed by atoms with Crippen LogP contribution in [-0.2, 0) is 16.2 Å². The third-order valence-electron chi connectivity index (χ3n) is 5.81. The molecule has 0 aromatic carbocycles. The van der Waals surface area contributed by atoms with Crippen LogP contribution in [-0.4, -0.2) is 54.1 Å². The molecule has 0 unspecified atom stereocenters. The van der Waals surface area contributed by atoms with Crippen molar-refractivity contribution in [2.45, 2.75) is 51.3 Å². The summed E-state index contributed by atoms with van der Waals surface area (Å²) in [4.78, 5) is 22.5. The predicted molar refractivity (Wildman–Crippen MR) is 131 cm³/mol. The molecule has 0 amide bonds. The second-order valence-electron chi connectivity index (χ2n) is 9.50. The average Bonchev–Trinajstić information content (AvgIpc) is 3.07. The average molecular weight is 472 g/mol. The van der Waals surface area contributed by atoms with Gasteiger partial charge in [-0.3, -0.25) is 9.13 Å². The topological polar surface area (TPSA) is 92.4 Å². The van der Waals surface area contributed by atoms with Crippen molar-refractivity contribution in [3.05, 3.63) is 40.9 Å². The van der Waals surface area contributed by atoms with Crippen molar-refractivity contribution in [2.75, 3.05) is 32.2 Å². The number of imidazole rings is 1. The maximum Gasteiger partial charge on any atom is 0.332 e. The molecule has 1 N–H and O–H groups in total. The molecule has 1 saturated heterocycles. The molecule has 4 heterocycles. The third kappa shape index (κ3) is 5.45. The highest BCUT2D eigenvalue weighted by Crippen LogP contribution is 2.27. The Morgan fingerprint density at radius 1 is 1.21 bits per heavy atom. The normalized spacial score (nSPS) is 15.2. The van der Waals surface area contributed by atoms with Crippen molar-refractivity contribution in [3.8, 4) is 5.88 Å². The van der Waals surface area contributed by atoms with Gasteiger partial charge in [0.1, 0.15) is 18.2 Å². The number of rotatable bonds is 9. The van der Waals surface area contributed by atoms with Gasteiger partial charge in [0.25, 0.3) is 0 Å². The van der Waals surface area contributed by atoms with Gasteiger partial charge in [-0.1, -0.05) is 19.6 Å². The second-order valence-corrected chi connectivity index (χ2v) is 15.1. The Bertz CT molecular complexity index is 1150. The van der Waals surface area contributed by atoms with Crippen molar-refractivity contribution >= 4 is 30.7 Å². The summed E-state index contributed by atoms with van der Waals surface area (Å²) in [5.74, 6) is 1.10. The van der Waals surface area contributed by atoms with E-state index in [1.807, 2.05) is 28.8 Å². The van der Waals surface area contributed by atoms with Crippen LogP contribution < -0.4 is 15.7 Å². The van der Waals surface area contributed by atoms with Crippen LogP contribution in [0.5, 0.6) is 5.88 Å². The van der Waals surface area contributed by atoms with Crippen molar-refractivity contribution in [2.24, 2.45) is 0 Å². The number of aromatic nitrogens is 4. The fraction of sp³-hybridized carbons (Fsp3) is 0.522. The fourth-order valence-corrected chi connectivity index (χ4v) is 4.70. The van der Waals surface area contributed by atoms with Crippen molar-refractivity contribution in [1.29, 1.82) is 0 Å². The zero-order valence-corrected chi connectivity index (χ0v) is 20.8. The van der Waals surface area contributed by atoms with E-state index in [9.17, 15) is 4.79 Å². The Hall–Kier alpha value is -2.69. The summed E-state index contributed by atoms with van der Waals surface area (Å²) in [5.41, 5.74) is 2.03. The van der Waals surface area contributed by atoms with E-state index < -0.39 is 8.07 Å². The van der Waals surface area contributed by atoms with Gasteiger partial charge in [0.05, 0.1) is 12.6 Å². The monoisotopic (exact) mass is 471 g/mol. The highest BCUT2D eigenvalue weighted by Gasteiger charge is 2.24. The molecule has 1 aliphatic heterocycles. The number of hydrogen-bond donors (Lipinski definition) is 1. The summed E-state index contributed by atoms with van der Waals surface area (Å²) < 4.78 is 20.3. The highest BCUT2D eigenvalue weighted by molar-refractivity contribution is 6.76. The van der Waals surface area contributed by atoms with Crippen LogP contribution in [0.2, 0.25) is 25.7 Å². The first-order chi connectivity index (χ1) is 15.9. The van der Waals surface area contributed by atoms with Gasteiger partial charge < -0.3 is 19.5 Å². The van der Waals surface area contributed by atoms with Gasteiger partial charge in [-0.2, -0.15) is 0 Å². The third-order valence-corrected chi connectivity index (χ3v) is 7.51. The lowest BCUT2D eigenvalue weighted by atomic mass is 10.1. The van der Waals surface area contributed by atoms with Crippen molar-refractivity contribution in [1.82, 2.24) is 19.1 Å². The van der Waals surface area contributed by atoms with Crippen LogP contribution in [0.25, 0.3) is 11.2 Å². The van der Waals surface area contributed by atoms with E-state index in [0.717, 1.165) is 24.4 Å². The first-order valence-electron chi connectivity index (χ1n) is 11.4. The largest absolute Gasteiger partial charge is 0.480 e. The van der Waals surface area contributed by atoms with Crippen molar-refractivity contribution < 1.29 is 14.2 Å². The number of ether oxygens (including phenoxy) is 3. The Morgan fingerprint density at radius 3 is 2.73 bits per heavy atom. The van der Waals surface area contributed by atoms with E-state index in [-0.39, 0.29) is 18.5 Å². The molecule has 3 aromatic heterocycles. The second kappa shape index (κ2) is 10.1. The van der Waals surface area contributed by atoms with Gasteiger partial charge in [0.2, 0.25) is 5.88 Å². The molecule has 1 aliphatic rings. The molecule has 10 heteroatoms. The van der Waals surface area contributed by atoms with Crippen LogP contribution in [0.1, 0.15) is 18.9 Å².